The number of urea groups is 1. The Morgan fingerprint density at radius 1 is 1.07 bits per heavy atom. The molecule has 0 spiro atoms. The van der Waals surface area contributed by atoms with Gasteiger partial charge in [0.15, 0.2) is 14.4 Å². The number of hydrogen-bond donors (Lipinski definition) is 0. The van der Waals surface area contributed by atoms with Crippen molar-refractivity contribution in [2.45, 2.75) is 64.4 Å². The standard InChI is InChI=1S/C23H32N2O3SSi/c1-5-16-24(19-15-12-17-29-19)23(27)25-20(18-13-10-9-11-14-18)21(22(25)26)28-30(6-2,7-3)8-4/h9-15,17,20-21H,5-8,16H2,1-4H3/t20-,21+/m1/s1. The third-order valence-electron chi connectivity index (χ3n) is 6.15. The predicted molar refractivity (Wildman–Crippen MR) is 125 cm³/mol. The van der Waals surface area contributed by atoms with Crippen molar-refractivity contribution in [2.24, 2.45) is 0 Å². The first-order valence-electron chi connectivity index (χ1n) is 10.9. The Hall–Kier alpha value is -1.96. The number of imide groups is 1. The molecular formula is C23H32N2O3SSi. The van der Waals surface area contributed by atoms with Gasteiger partial charge in [-0.05, 0) is 47.6 Å². The SMILES string of the molecule is CCCN(C(=O)N1C(=O)[C@@H](O[Si](CC)(CC)CC)[C@H]1c1ccccc1)c1cccs1. The molecule has 2 heterocycles. The van der Waals surface area contributed by atoms with Crippen LogP contribution in [0.2, 0.25) is 18.1 Å². The normalized spacial score (nSPS) is 18.9. The van der Waals surface area contributed by atoms with Crippen LogP contribution in [-0.2, 0) is 9.22 Å². The number of likely N-dealkylation sites (tertiary alicyclic amines) is 1. The monoisotopic (exact) mass is 444 g/mol. The molecule has 1 fully saturated rings. The fourth-order valence-electron chi connectivity index (χ4n) is 4.11. The van der Waals surface area contributed by atoms with Gasteiger partial charge < -0.3 is 4.43 Å². The summed E-state index contributed by atoms with van der Waals surface area (Å²) in [7, 11) is -2.00. The van der Waals surface area contributed by atoms with Crippen molar-refractivity contribution in [1.82, 2.24) is 4.90 Å². The van der Waals surface area contributed by atoms with E-state index in [1.165, 1.54) is 16.2 Å². The minimum Gasteiger partial charge on any atom is -0.403 e. The van der Waals surface area contributed by atoms with Gasteiger partial charge in [-0.2, -0.15) is 0 Å². The lowest BCUT2D eigenvalue weighted by atomic mass is 9.91. The Kier molecular flexibility index (Phi) is 7.49. The van der Waals surface area contributed by atoms with Crippen LogP contribution >= 0.6 is 11.3 Å². The van der Waals surface area contributed by atoms with Gasteiger partial charge in [-0.25, -0.2) is 4.79 Å². The summed E-state index contributed by atoms with van der Waals surface area (Å²) >= 11 is 1.51. The second-order valence-corrected chi connectivity index (χ2v) is 13.4. The summed E-state index contributed by atoms with van der Waals surface area (Å²) in [5.41, 5.74) is 0.948. The van der Waals surface area contributed by atoms with Gasteiger partial charge in [-0.3, -0.25) is 14.6 Å². The van der Waals surface area contributed by atoms with Crippen molar-refractivity contribution in [3.8, 4) is 0 Å². The molecule has 1 aromatic heterocycles. The Labute approximate surface area is 184 Å². The van der Waals surface area contributed by atoms with E-state index in [4.69, 9.17) is 4.43 Å². The smallest absolute Gasteiger partial charge is 0.332 e. The number of hydrogen-bond acceptors (Lipinski definition) is 4. The lowest BCUT2D eigenvalue weighted by molar-refractivity contribution is -0.158. The molecule has 0 radical (unpaired) electrons. The van der Waals surface area contributed by atoms with Gasteiger partial charge in [0.2, 0.25) is 0 Å². The lowest BCUT2D eigenvalue weighted by Gasteiger charge is -2.49. The highest BCUT2D eigenvalue weighted by atomic mass is 32.1. The molecule has 1 saturated heterocycles. The van der Waals surface area contributed by atoms with E-state index < -0.39 is 14.4 Å². The lowest BCUT2D eigenvalue weighted by Crippen LogP contribution is -2.66. The molecule has 162 valence electrons. The van der Waals surface area contributed by atoms with Crippen LogP contribution < -0.4 is 4.90 Å². The molecule has 0 N–H and O–H groups in total. The maximum absolute atomic E-state index is 13.5. The topological polar surface area (TPSA) is 49.9 Å². The van der Waals surface area contributed by atoms with Gasteiger partial charge in [0, 0.05) is 6.54 Å². The van der Waals surface area contributed by atoms with E-state index in [1.54, 1.807) is 4.90 Å². The Balaban J connectivity index is 1.93. The minimum atomic E-state index is -2.00. The number of thiophene rings is 1. The van der Waals surface area contributed by atoms with Crippen molar-refractivity contribution in [2.75, 3.05) is 11.4 Å². The van der Waals surface area contributed by atoms with Crippen LogP contribution in [0, 0.1) is 0 Å². The summed E-state index contributed by atoms with van der Waals surface area (Å²) in [6.45, 7) is 9.08. The summed E-state index contributed by atoms with van der Waals surface area (Å²) in [6.07, 6.45) is 0.244. The van der Waals surface area contributed by atoms with Crippen LogP contribution in [0.5, 0.6) is 0 Å². The number of carbonyl (C=O) groups is 2. The summed E-state index contributed by atoms with van der Waals surface area (Å²) < 4.78 is 6.59. The second-order valence-electron chi connectivity index (χ2n) is 7.73. The highest BCUT2D eigenvalue weighted by molar-refractivity contribution is 7.14. The molecule has 1 aromatic carbocycles. The third kappa shape index (κ3) is 4.24. The molecule has 0 bridgehead atoms. The van der Waals surface area contributed by atoms with Gasteiger partial charge in [0.1, 0.15) is 6.04 Å². The van der Waals surface area contributed by atoms with Gasteiger partial charge >= 0.3 is 6.03 Å². The molecule has 3 amide bonds. The van der Waals surface area contributed by atoms with Crippen molar-refractivity contribution in [3.05, 3.63) is 53.4 Å². The quantitative estimate of drug-likeness (QED) is 0.349. The first-order valence-corrected chi connectivity index (χ1v) is 14.3. The average molecular weight is 445 g/mol. The van der Waals surface area contributed by atoms with Gasteiger partial charge in [0.05, 0.1) is 5.00 Å². The fourth-order valence-corrected chi connectivity index (χ4v) is 7.63. The molecule has 1 aliphatic rings. The third-order valence-corrected chi connectivity index (χ3v) is 11.7. The maximum atomic E-state index is 13.5. The minimum absolute atomic E-state index is 0.210. The van der Waals surface area contributed by atoms with Crippen LogP contribution in [-0.4, -0.2) is 37.8 Å². The summed E-state index contributed by atoms with van der Waals surface area (Å²) in [6, 6.07) is 15.9. The first-order chi connectivity index (χ1) is 14.5. The van der Waals surface area contributed by atoms with Crippen molar-refractivity contribution in [1.29, 1.82) is 0 Å². The molecule has 0 saturated carbocycles. The van der Waals surface area contributed by atoms with E-state index in [2.05, 4.69) is 20.8 Å². The first kappa shape index (κ1) is 22.7. The zero-order chi connectivity index (χ0) is 21.7. The van der Waals surface area contributed by atoms with Crippen LogP contribution in [0.4, 0.5) is 9.80 Å². The van der Waals surface area contributed by atoms with Crippen LogP contribution in [0.25, 0.3) is 0 Å². The number of nitrogens with zero attached hydrogens (tertiary/aromatic N) is 2. The number of anilines is 1. The van der Waals surface area contributed by atoms with Gasteiger partial charge in [-0.15, -0.1) is 11.3 Å². The molecule has 30 heavy (non-hydrogen) atoms. The molecule has 5 nitrogen and oxygen atoms in total. The van der Waals surface area contributed by atoms with E-state index in [-0.39, 0.29) is 18.0 Å². The molecule has 2 aromatic rings. The zero-order valence-electron chi connectivity index (χ0n) is 18.3. The maximum Gasteiger partial charge on any atom is 0.332 e. The zero-order valence-corrected chi connectivity index (χ0v) is 20.2. The van der Waals surface area contributed by atoms with E-state index in [0.29, 0.717) is 6.54 Å². The number of carbonyl (C=O) groups excluding carboxylic acids is 2. The largest absolute Gasteiger partial charge is 0.403 e. The Bertz CT molecular complexity index is 831. The fraction of sp³-hybridized carbons (Fsp3) is 0.478. The number of benzene rings is 1. The van der Waals surface area contributed by atoms with E-state index in [0.717, 1.165) is 35.1 Å². The molecule has 2 atom stereocenters. The summed E-state index contributed by atoms with van der Waals surface area (Å²) in [5.74, 6) is -0.210. The Morgan fingerprint density at radius 2 is 1.73 bits per heavy atom. The molecule has 3 rings (SSSR count). The van der Waals surface area contributed by atoms with Crippen molar-refractivity contribution >= 4 is 36.6 Å². The molecule has 7 heteroatoms. The molecule has 1 aliphatic heterocycles. The van der Waals surface area contributed by atoms with E-state index in [9.17, 15) is 9.59 Å². The number of rotatable bonds is 9. The molecule has 0 aliphatic carbocycles. The van der Waals surface area contributed by atoms with Crippen molar-refractivity contribution < 1.29 is 14.0 Å². The number of amides is 3. The highest BCUT2D eigenvalue weighted by Gasteiger charge is 2.55. The predicted octanol–water partition coefficient (Wildman–Crippen LogP) is 6.06. The van der Waals surface area contributed by atoms with E-state index >= 15 is 0 Å². The van der Waals surface area contributed by atoms with Gasteiger partial charge in [0.25, 0.3) is 5.91 Å². The van der Waals surface area contributed by atoms with Crippen molar-refractivity contribution in [3.63, 3.8) is 0 Å². The second kappa shape index (κ2) is 9.90. The van der Waals surface area contributed by atoms with Crippen LogP contribution in [0.1, 0.15) is 45.7 Å². The molecular weight excluding hydrogens is 412 g/mol. The summed E-state index contributed by atoms with van der Waals surface area (Å²) in [4.78, 5) is 29.9. The Morgan fingerprint density at radius 3 is 2.27 bits per heavy atom. The van der Waals surface area contributed by atoms with Crippen LogP contribution in [0.3, 0.4) is 0 Å². The highest BCUT2D eigenvalue weighted by Crippen LogP contribution is 2.41. The summed E-state index contributed by atoms with van der Waals surface area (Å²) in [5, 5.41) is 2.82. The van der Waals surface area contributed by atoms with E-state index in [1.807, 2.05) is 54.8 Å². The number of β-lactam (4-membered cyclic amide) rings is 1. The van der Waals surface area contributed by atoms with Gasteiger partial charge in [-0.1, -0.05) is 58.0 Å². The average Bonchev–Trinajstić information content (AvgIpc) is 3.31. The van der Waals surface area contributed by atoms with Crippen LogP contribution in [0.15, 0.2) is 47.8 Å². The molecule has 0 unspecified atom stereocenters.